The molecule has 0 aromatic heterocycles. The summed E-state index contributed by atoms with van der Waals surface area (Å²) in [5.74, 6) is -0.859. The second-order valence-electron chi connectivity index (χ2n) is 16.7. The van der Waals surface area contributed by atoms with E-state index < -0.39 is 32.5 Å². The molecule has 0 heterocycles. The van der Waals surface area contributed by atoms with E-state index in [-0.39, 0.29) is 26.1 Å². The first-order valence-corrected chi connectivity index (χ1v) is 24.8. The lowest BCUT2D eigenvalue weighted by Crippen LogP contribution is -2.37. The predicted octanol–water partition coefficient (Wildman–Crippen LogP) is 12.8. The van der Waals surface area contributed by atoms with Gasteiger partial charge in [-0.1, -0.05) is 159 Å². The summed E-state index contributed by atoms with van der Waals surface area (Å²) < 4.78 is 33.9. The Morgan fingerprint density at radius 1 is 0.552 bits per heavy atom. The van der Waals surface area contributed by atoms with Gasteiger partial charge in [-0.05, 0) is 70.6 Å². The average Bonchev–Trinajstić information content (AvgIpc) is 3.17. The molecule has 0 fully saturated rings. The molecule has 0 saturated carbocycles. The normalized spacial score (nSPS) is 14.0. The molecule has 0 saturated heterocycles. The molecule has 58 heavy (non-hydrogen) atoms. The standard InChI is InChI=1S/C48H88NO8P/c1-6-8-10-12-14-16-18-20-22-23-24-25-27-29-31-33-35-37-39-41-48(51)57-46(45-56-58(52,53)55-43-42-49(3,4)5)44-54-47(50)40-38-36-34-32-30-28-26-21-19-17-15-13-11-9-7-2/h9,11,15,17,21,23-24,26,46H,6-8,10,12-14,16,18-20,22,25,27-45H2,1-5H3/b11-9-,17-15-,24-23-,26-21-/t46-/m1/s1. The fourth-order valence-corrected chi connectivity index (χ4v) is 6.92. The first-order valence-electron chi connectivity index (χ1n) is 23.3. The number of hydrogen-bond acceptors (Lipinski definition) is 8. The van der Waals surface area contributed by atoms with Gasteiger partial charge >= 0.3 is 11.9 Å². The number of phosphoric acid groups is 1. The number of carbonyl (C=O) groups is 2. The van der Waals surface area contributed by atoms with Crippen molar-refractivity contribution in [3.05, 3.63) is 48.6 Å². The number of likely N-dealkylation sites (N-methyl/N-ethyl adjacent to an activating group) is 1. The van der Waals surface area contributed by atoms with Crippen LogP contribution < -0.4 is 4.89 Å². The lowest BCUT2D eigenvalue weighted by Gasteiger charge is -2.28. The Morgan fingerprint density at radius 2 is 0.983 bits per heavy atom. The number of nitrogens with zero attached hydrogens (tertiary/aromatic N) is 1. The number of unbranched alkanes of at least 4 members (excludes halogenated alkanes) is 20. The van der Waals surface area contributed by atoms with E-state index in [4.69, 9.17) is 18.5 Å². The van der Waals surface area contributed by atoms with Crippen LogP contribution in [0.15, 0.2) is 48.6 Å². The van der Waals surface area contributed by atoms with Gasteiger partial charge in [-0.2, -0.15) is 0 Å². The van der Waals surface area contributed by atoms with Crippen molar-refractivity contribution in [2.75, 3.05) is 47.5 Å². The van der Waals surface area contributed by atoms with Crippen LogP contribution in [0.1, 0.15) is 194 Å². The van der Waals surface area contributed by atoms with Crippen molar-refractivity contribution in [1.82, 2.24) is 0 Å². The van der Waals surface area contributed by atoms with Gasteiger partial charge in [0.2, 0.25) is 0 Å². The van der Waals surface area contributed by atoms with Crippen molar-refractivity contribution in [2.45, 2.75) is 200 Å². The van der Waals surface area contributed by atoms with Crippen LogP contribution in [0, 0.1) is 0 Å². The third kappa shape index (κ3) is 43.5. The van der Waals surface area contributed by atoms with Crippen LogP contribution in [0.5, 0.6) is 0 Å². The minimum atomic E-state index is -4.63. The van der Waals surface area contributed by atoms with E-state index >= 15 is 0 Å². The zero-order chi connectivity index (χ0) is 42.8. The summed E-state index contributed by atoms with van der Waals surface area (Å²) in [6, 6.07) is 0. The zero-order valence-corrected chi connectivity index (χ0v) is 38.9. The van der Waals surface area contributed by atoms with Gasteiger partial charge in [-0.25, -0.2) is 0 Å². The molecule has 0 aliphatic carbocycles. The molecule has 0 aliphatic heterocycles. The maximum Gasteiger partial charge on any atom is 0.306 e. The number of allylic oxidation sites excluding steroid dienone is 8. The Labute approximate surface area is 356 Å². The van der Waals surface area contributed by atoms with Crippen LogP contribution in [0.4, 0.5) is 0 Å². The lowest BCUT2D eigenvalue weighted by molar-refractivity contribution is -0.870. The van der Waals surface area contributed by atoms with E-state index in [1.54, 1.807) is 0 Å². The Hall–Kier alpha value is -2.03. The average molecular weight is 838 g/mol. The number of ether oxygens (including phenoxy) is 2. The Morgan fingerprint density at radius 3 is 1.48 bits per heavy atom. The molecule has 2 atom stereocenters. The number of carbonyl (C=O) groups excluding carboxylic acids is 2. The number of esters is 2. The summed E-state index contributed by atoms with van der Waals surface area (Å²) in [6.45, 7) is 4.09. The molecule has 0 amide bonds. The van der Waals surface area contributed by atoms with Crippen molar-refractivity contribution in [3.63, 3.8) is 0 Å². The quantitative estimate of drug-likeness (QED) is 0.0196. The Kier molecular flexibility index (Phi) is 39.0. The minimum absolute atomic E-state index is 0.0358. The van der Waals surface area contributed by atoms with Crippen LogP contribution in [0.3, 0.4) is 0 Å². The summed E-state index contributed by atoms with van der Waals surface area (Å²) in [5.41, 5.74) is 0. The Balaban J connectivity index is 4.34. The highest BCUT2D eigenvalue weighted by Gasteiger charge is 2.21. The van der Waals surface area contributed by atoms with Crippen molar-refractivity contribution in [1.29, 1.82) is 0 Å². The van der Waals surface area contributed by atoms with E-state index in [1.807, 2.05) is 21.1 Å². The maximum atomic E-state index is 12.7. The molecule has 0 aromatic carbocycles. The van der Waals surface area contributed by atoms with Crippen LogP contribution in [0.2, 0.25) is 0 Å². The van der Waals surface area contributed by atoms with E-state index in [9.17, 15) is 19.0 Å². The smallest absolute Gasteiger partial charge is 0.306 e. The van der Waals surface area contributed by atoms with Crippen molar-refractivity contribution >= 4 is 19.8 Å². The highest BCUT2D eigenvalue weighted by Crippen LogP contribution is 2.38. The SMILES string of the molecule is CC/C=C\C/C=C\C/C=C\CCCCCCCC(=O)OC[C@H](COP(=O)([O-])OCC[N+](C)(C)C)OC(=O)CCCCCCCCC/C=C\CCCCCCCCCC. The zero-order valence-electron chi connectivity index (χ0n) is 38.0. The van der Waals surface area contributed by atoms with Gasteiger partial charge in [0.05, 0.1) is 27.7 Å². The van der Waals surface area contributed by atoms with E-state index in [2.05, 4.69) is 62.5 Å². The molecule has 1 unspecified atom stereocenters. The summed E-state index contributed by atoms with van der Waals surface area (Å²) in [5, 5.41) is 0. The predicted molar refractivity (Wildman–Crippen MR) is 240 cm³/mol. The summed E-state index contributed by atoms with van der Waals surface area (Å²) in [4.78, 5) is 37.6. The van der Waals surface area contributed by atoms with Gasteiger partial charge in [-0.15, -0.1) is 0 Å². The van der Waals surface area contributed by atoms with E-state index in [1.165, 1.54) is 77.0 Å². The third-order valence-electron chi connectivity index (χ3n) is 9.83. The van der Waals surface area contributed by atoms with Crippen molar-refractivity contribution < 1.29 is 42.1 Å². The molecule has 0 aromatic rings. The van der Waals surface area contributed by atoms with E-state index in [0.717, 1.165) is 77.0 Å². The molecular weight excluding hydrogens is 750 g/mol. The summed E-state index contributed by atoms with van der Waals surface area (Å²) in [6.07, 6.45) is 47.1. The topological polar surface area (TPSA) is 111 Å². The molecule has 0 N–H and O–H groups in total. The van der Waals surface area contributed by atoms with Crippen LogP contribution in [0.25, 0.3) is 0 Å². The maximum absolute atomic E-state index is 12.7. The summed E-state index contributed by atoms with van der Waals surface area (Å²) >= 11 is 0. The highest BCUT2D eigenvalue weighted by atomic mass is 31.2. The molecule has 338 valence electrons. The highest BCUT2D eigenvalue weighted by molar-refractivity contribution is 7.45. The van der Waals surface area contributed by atoms with Gasteiger partial charge in [0.1, 0.15) is 19.8 Å². The molecule has 0 bridgehead atoms. The van der Waals surface area contributed by atoms with Crippen molar-refractivity contribution in [2.24, 2.45) is 0 Å². The first-order chi connectivity index (χ1) is 28.0. The van der Waals surface area contributed by atoms with Gasteiger partial charge in [0.25, 0.3) is 7.82 Å². The monoisotopic (exact) mass is 838 g/mol. The first kappa shape index (κ1) is 56.0. The fourth-order valence-electron chi connectivity index (χ4n) is 6.19. The molecule has 9 nitrogen and oxygen atoms in total. The number of quaternary nitrogens is 1. The van der Waals surface area contributed by atoms with Crippen LogP contribution in [-0.4, -0.2) is 70.0 Å². The molecule has 0 aliphatic rings. The number of hydrogen-bond donors (Lipinski definition) is 0. The van der Waals surface area contributed by atoms with Gasteiger partial charge in [-0.3, -0.25) is 14.2 Å². The fraction of sp³-hybridized carbons (Fsp3) is 0.792. The molecule has 0 radical (unpaired) electrons. The third-order valence-corrected chi connectivity index (χ3v) is 10.8. The van der Waals surface area contributed by atoms with Crippen LogP contribution >= 0.6 is 7.82 Å². The molecular formula is C48H88NO8P. The lowest BCUT2D eigenvalue weighted by atomic mass is 10.1. The molecule has 0 rings (SSSR count). The second-order valence-corrected chi connectivity index (χ2v) is 18.1. The van der Waals surface area contributed by atoms with Crippen LogP contribution in [-0.2, 0) is 32.7 Å². The summed E-state index contributed by atoms with van der Waals surface area (Å²) in [7, 11) is 1.15. The number of phosphoric ester groups is 1. The Bertz CT molecular complexity index is 1130. The second kappa shape index (κ2) is 40.4. The number of rotatable bonds is 42. The van der Waals surface area contributed by atoms with Gasteiger partial charge < -0.3 is 27.9 Å². The largest absolute Gasteiger partial charge is 0.756 e. The minimum Gasteiger partial charge on any atom is -0.756 e. The van der Waals surface area contributed by atoms with E-state index in [0.29, 0.717) is 23.9 Å². The molecule has 0 spiro atoms. The molecule has 10 heteroatoms. The van der Waals surface area contributed by atoms with Crippen molar-refractivity contribution in [3.8, 4) is 0 Å². The van der Waals surface area contributed by atoms with Gasteiger partial charge in [0.15, 0.2) is 6.10 Å². The van der Waals surface area contributed by atoms with Gasteiger partial charge in [0, 0.05) is 12.8 Å².